The van der Waals surface area contributed by atoms with Gasteiger partial charge in [-0.1, -0.05) is 0 Å². The predicted octanol–water partition coefficient (Wildman–Crippen LogP) is 5.48. The minimum absolute atomic E-state index is 0.0876. The van der Waals surface area contributed by atoms with Crippen LogP contribution in [0.5, 0.6) is 5.88 Å². The van der Waals surface area contributed by atoms with Gasteiger partial charge in [-0.25, -0.2) is 14.4 Å². The average Bonchev–Trinajstić information content (AvgIpc) is 3.48. The molecule has 0 bridgehead atoms. The van der Waals surface area contributed by atoms with E-state index in [2.05, 4.69) is 15.3 Å². The Kier molecular flexibility index (Phi) is 6.52. The van der Waals surface area contributed by atoms with Crippen LogP contribution in [0, 0.1) is 5.82 Å². The zero-order valence-electron chi connectivity index (χ0n) is 19.3. The molecule has 0 radical (unpaired) electrons. The molecule has 2 fully saturated rings. The zero-order chi connectivity index (χ0) is 24.6. The number of pyridine rings is 2. The second-order valence-corrected chi connectivity index (χ2v) is 9.03. The van der Waals surface area contributed by atoms with E-state index in [-0.39, 0.29) is 12.0 Å². The van der Waals surface area contributed by atoms with Crippen molar-refractivity contribution < 1.29 is 27.0 Å². The van der Waals surface area contributed by atoms with Gasteiger partial charge in [0.15, 0.2) is 5.82 Å². The van der Waals surface area contributed by atoms with Gasteiger partial charge in [0.2, 0.25) is 0 Å². The van der Waals surface area contributed by atoms with Gasteiger partial charge < -0.3 is 14.8 Å². The molecule has 1 N–H and O–H groups in total. The van der Waals surface area contributed by atoms with Gasteiger partial charge >= 0.3 is 6.18 Å². The number of hydrogen-bond acceptors (Lipinski definition) is 6. The van der Waals surface area contributed by atoms with Crippen molar-refractivity contribution in [1.29, 1.82) is 0 Å². The molecule has 1 atom stereocenters. The van der Waals surface area contributed by atoms with Crippen LogP contribution in [0.4, 0.5) is 23.4 Å². The first-order chi connectivity index (χ1) is 16.8. The third kappa shape index (κ3) is 4.78. The van der Waals surface area contributed by atoms with Crippen LogP contribution in [0.2, 0.25) is 0 Å². The summed E-state index contributed by atoms with van der Waals surface area (Å²) in [7, 11) is 0. The smallest absolute Gasteiger partial charge is 0.419 e. The molecule has 3 aromatic heterocycles. The fourth-order valence-electron chi connectivity index (χ4n) is 4.95. The minimum Gasteiger partial charge on any atom is -0.472 e. The molecular weight excluding hydrogens is 466 g/mol. The molecule has 3 aromatic rings. The Morgan fingerprint density at radius 1 is 1.17 bits per heavy atom. The van der Waals surface area contributed by atoms with Gasteiger partial charge in [-0.2, -0.15) is 18.3 Å². The molecule has 4 heterocycles. The van der Waals surface area contributed by atoms with Gasteiger partial charge in [0.25, 0.3) is 5.88 Å². The largest absolute Gasteiger partial charge is 0.472 e. The normalized spacial score (nSPS) is 23.1. The van der Waals surface area contributed by atoms with Crippen molar-refractivity contribution in [3.63, 3.8) is 0 Å². The summed E-state index contributed by atoms with van der Waals surface area (Å²) in [6, 6.07) is 2.71. The molecule has 2 aliphatic rings. The highest BCUT2D eigenvalue weighted by molar-refractivity contribution is 5.84. The van der Waals surface area contributed by atoms with Crippen molar-refractivity contribution in [1.82, 2.24) is 19.7 Å². The summed E-state index contributed by atoms with van der Waals surface area (Å²) in [5.74, 6) is -1.07. The minimum atomic E-state index is -4.80. The molecule has 0 aromatic carbocycles. The van der Waals surface area contributed by atoms with E-state index in [1.807, 2.05) is 23.9 Å². The summed E-state index contributed by atoms with van der Waals surface area (Å²) in [6.07, 6.45) is 0.980. The summed E-state index contributed by atoms with van der Waals surface area (Å²) in [4.78, 5) is 8.23. The zero-order valence-corrected chi connectivity index (χ0v) is 19.3. The molecule has 1 saturated carbocycles. The van der Waals surface area contributed by atoms with Crippen LogP contribution in [0.25, 0.3) is 10.9 Å². The number of alkyl halides is 3. The molecule has 188 valence electrons. The Hall–Kier alpha value is -2.95. The molecule has 0 spiro atoms. The number of halogens is 4. The van der Waals surface area contributed by atoms with Gasteiger partial charge in [-0.3, -0.25) is 4.68 Å². The van der Waals surface area contributed by atoms with Crippen molar-refractivity contribution in [3.05, 3.63) is 41.6 Å². The van der Waals surface area contributed by atoms with Crippen LogP contribution in [-0.4, -0.2) is 45.6 Å². The van der Waals surface area contributed by atoms with Crippen LogP contribution in [0.15, 0.2) is 24.5 Å². The molecule has 11 heteroatoms. The maximum atomic E-state index is 14.3. The number of nitrogens with zero attached hydrogens (tertiary/aromatic N) is 4. The number of rotatable bonds is 6. The number of fused-ring (bicyclic) bond motifs is 1. The highest BCUT2D eigenvalue weighted by Crippen LogP contribution is 2.38. The van der Waals surface area contributed by atoms with Crippen molar-refractivity contribution in [3.8, 4) is 5.88 Å². The summed E-state index contributed by atoms with van der Waals surface area (Å²) >= 11 is 0. The van der Waals surface area contributed by atoms with Crippen LogP contribution >= 0.6 is 0 Å². The third-order valence-corrected chi connectivity index (χ3v) is 6.73. The van der Waals surface area contributed by atoms with Crippen molar-refractivity contribution in [2.24, 2.45) is 0 Å². The highest BCUT2D eigenvalue weighted by Gasteiger charge is 2.37. The van der Waals surface area contributed by atoms with Crippen molar-refractivity contribution in [2.75, 3.05) is 25.1 Å². The predicted molar refractivity (Wildman–Crippen MR) is 121 cm³/mol. The third-order valence-electron chi connectivity index (χ3n) is 6.73. The average molecular weight is 494 g/mol. The first-order valence-corrected chi connectivity index (χ1v) is 11.9. The molecule has 1 aliphatic heterocycles. The molecule has 0 amide bonds. The van der Waals surface area contributed by atoms with Gasteiger partial charge in [-0.15, -0.1) is 0 Å². The molecule has 7 nitrogen and oxygen atoms in total. The molecule has 35 heavy (non-hydrogen) atoms. The van der Waals surface area contributed by atoms with Crippen LogP contribution < -0.4 is 10.1 Å². The molecule has 1 aliphatic carbocycles. The van der Waals surface area contributed by atoms with E-state index in [1.54, 1.807) is 0 Å². The maximum Gasteiger partial charge on any atom is 0.419 e. The monoisotopic (exact) mass is 493 g/mol. The SMILES string of the molecule is CCNc1cc2c(cn1)c(C1CCOC1)nn2C1CCC(Oc2nccc(C(F)(F)F)c2F)CC1. The van der Waals surface area contributed by atoms with E-state index in [1.165, 1.54) is 0 Å². The Labute approximate surface area is 199 Å². The summed E-state index contributed by atoms with van der Waals surface area (Å²) in [6.45, 7) is 4.11. The first kappa shape index (κ1) is 23.8. The Morgan fingerprint density at radius 2 is 1.97 bits per heavy atom. The second kappa shape index (κ2) is 9.60. The van der Waals surface area contributed by atoms with Crippen LogP contribution in [0.1, 0.15) is 62.2 Å². The van der Waals surface area contributed by atoms with Crippen molar-refractivity contribution >= 4 is 16.7 Å². The van der Waals surface area contributed by atoms with Gasteiger partial charge in [0.1, 0.15) is 11.9 Å². The van der Waals surface area contributed by atoms with Crippen molar-refractivity contribution in [2.45, 2.75) is 63.3 Å². The lowest BCUT2D eigenvalue weighted by atomic mass is 9.93. The van der Waals surface area contributed by atoms with Crippen LogP contribution in [-0.2, 0) is 10.9 Å². The fraction of sp³-hybridized carbons (Fsp3) is 0.542. The van der Waals surface area contributed by atoms with E-state index in [0.717, 1.165) is 41.6 Å². The molecule has 5 rings (SSSR count). The number of nitrogens with one attached hydrogen (secondary N) is 1. The number of hydrogen-bond donors (Lipinski definition) is 1. The van der Waals surface area contributed by atoms with E-state index in [9.17, 15) is 17.6 Å². The number of ether oxygens (including phenoxy) is 2. The topological polar surface area (TPSA) is 74.1 Å². The standard InChI is InChI=1S/C24H27F4N5O2/c1-2-29-20-11-19-17(12-31-20)22(14-8-10-34-13-14)32-33(19)15-3-5-16(6-4-15)35-23-21(25)18(7-9-30-23)24(26,27)28/h7,9,11-12,14-16H,2-6,8,10,13H2,1H3,(H,29,31). The Morgan fingerprint density at radius 3 is 2.66 bits per heavy atom. The lowest BCUT2D eigenvalue weighted by Crippen LogP contribution is -2.27. The second-order valence-electron chi connectivity index (χ2n) is 9.03. The van der Waals surface area contributed by atoms with Gasteiger partial charge in [-0.05, 0) is 45.1 Å². The van der Waals surface area contributed by atoms with E-state index >= 15 is 0 Å². The Bertz CT molecular complexity index is 1180. The number of aromatic nitrogens is 4. The quantitative estimate of drug-likeness (QED) is 0.459. The van der Waals surface area contributed by atoms with E-state index in [4.69, 9.17) is 14.6 Å². The lowest BCUT2D eigenvalue weighted by Gasteiger charge is -2.29. The fourth-order valence-corrected chi connectivity index (χ4v) is 4.95. The van der Waals surface area contributed by atoms with E-state index in [0.29, 0.717) is 45.0 Å². The summed E-state index contributed by atoms with van der Waals surface area (Å²) in [5.41, 5.74) is 0.613. The Balaban J connectivity index is 1.35. The highest BCUT2D eigenvalue weighted by atomic mass is 19.4. The summed E-state index contributed by atoms with van der Waals surface area (Å²) in [5, 5.41) is 9.24. The van der Waals surface area contributed by atoms with Crippen LogP contribution in [0.3, 0.4) is 0 Å². The summed E-state index contributed by atoms with van der Waals surface area (Å²) < 4.78 is 66.6. The first-order valence-electron chi connectivity index (χ1n) is 11.9. The molecule has 1 unspecified atom stereocenters. The lowest BCUT2D eigenvalue weighted by molar-refractivity contribution is -0.140. The molecule has 1 saturated heterocycles. The molecular formula is C24H27F4N5O2. The van der Waals surface area contributed by atoms with Gasteiger partial charge in [0.05, 0.1) is 29.4 Å². The van der Waals surface area contributed by atoms with E-state index < -0.39 is 29.5 Å². The number of anilines is 1. The van der Waals surface area contributed by atoms with Gasteiger partial charge in [0, 0.05) is 42.9 Å². The maximum absolute atomic E-state index is 14.3.